The van der Waals surface area contributed by atoms with Crippen LogP contribution in [0.5, 0.6) is 0 Å². The molecule has 0 bridgehead atoms. The third-order valence-electron chi connectivity index (χ3n) is 2.82. The molecule has 1 amide bonds. The minimum atomic E-state index is -0.0927. The van der Waals surface area contributed by atoms with Crippen LogP contribution >= 0.6 is 11.3 Å². The molecule has 5 heteroatoms. The van der Waals surface area contributed by atoms with E-state index in [-0.39, 0.29) is 12.5 Å². The molecule has 2 heterocycles. The highest BCUT2D eigenvalue weighted by atomic mass is 32.1. The van der Waals surface area contributed by atoms with E-state index in [1.165, 1.54) is 11.3 Å². The highest BCUT2D eigenvalue weighted by Gasteiger charge is 2.11. The smallest absolute Gasteiger partial charge is 0.261 e. The molecule has 0 unspecified atom stereocenters. The Hall–Kier alpha value is -2.03. The van der Waals surface area contributed by atoms with E-state index in [4.69, 9.17) is 9.52 Å². The van der Waals surface area contributed by atoms with Crippen molar-refractivity contribution in [2.45, 2.75) is 19.8 Å². The lowest BCUT2D eigenvalue weighted by Crippen LogP contribution is -2.24. The Bertz CT molecular complexity index is 647. The second-order valence-corrected chi connectivity index (χ2v) is 5.54. The third kappa shape index (κ3) is 4.48. The van der Waals surface area contributed by atoms with Crippen LogP contribution in [-0.4, -0.2) is 24.2 Å². The maximum atomic E-state index is 12.0. The summed E-state index contributed by atoms with van der Waals surface area (Å²) in [6, 6.07) is 5.56. The standard InChI is InChI=1S/C16H17NO3S/c1-12-11-15(21-14(12)6-2-3-9-18)16(19)17-8-7-13-5-4-10-20-13/h4-5,10-11,18H,3,7-9H2,1H3,(H,17,19). The molecule has 4 nitrogen and oxygen atoms in total. The van der Waals surface area contributed by atoms with Gasteiger partial charge in [-0.05, 0) is 30.7 Å². The van der Waals surface area contributed by atoms with Gasteiger partial charge in [0, 0.05) is 19.4 Å². The molecule has 0 atom stereocenters. The lowest BCUT2D eigenvalue weighted by molar-refractivity contribution is 0.0957. The molecule has 110 valence electrons. The Balaban J connectivity index is 1.90. The van der Waals surface area contributed by atoms with Crippen molar-refractivity contribution in [1.82, 2.24) is 5.32 Å². The van der Waals surface area contributed by atoms with Gasteiger partial charge in [-0.25, -0.2) is 0 Å². The minimum Gasteiger partial charge on any atom is -0.469 e. The molecule has 0 aliphatic carbocycles. The van der Waals surface area contributed by atoms with Gasteiger partial charge in [-0.1, -0.05) is 11.8 Å². The topological polar surface area (TPSA) is 62.5 Å². The van der Waals surface area contributed by atoms with Crippen LogP contribution in [-0.2, 0) is 6.42 Å². The number of amides is 1. The molecule has 0 spiro atoms. The summed E-state index contributed by atoms with van der Waals surface area (Å²) in [6.45, 7) is 2.52. The maximum absolute atomic E-state index is 12.0. The van der Waals surface area contributed by atoms with E-state index in [1.807, 2.05) is 25.1 Å². The van der Waals surface area contributed by atoms with Crippen molar-refractivity contribution < 1.29 is 14.3 Å². The summed E-state index contributed by atoms with van der Waals surface area (Å²) in [5.74, 6) is 6.62. The number of thiophene rings is 1. The van der Waals surface area contributed by atoms with Crippen LogP contribution in [0.2, 0.25) is 0 Å². The number of furan rings is 1. The molecular formula is C16H17NO3S. The normalized spacial score (nSPS) is 10.0. The molecular weight excluding hydrogens is 286 g/mol. The van der Waals surface area contributed by atoms with Crippen molar-refractivity contribution in [1.29, 1.82) is 0 Å². The molecule has 2 N–H and O–H groups in total. The third-order valence-corrected chi connectivity index (χ3v) is 3.97. The molecule has 21 heavy (non-hydrogen) atoms. The maximum Gasteiger partial charge on any atom is 0.261 e. The van der Waals surface area contributed by atoms with E-state index in [0.717, 1.165) is 16.2 Å². The molecule has 0 aromatic carbocycles. The summed E-state index contributed by atoms with van der Waals surface area (Å²) in [7, 11) is 0. The zero-order chi connectivity index (χ0) is 15.1. The highest BCUT2D eigenvalue weighted by molar-refractivity contribution is 7.14. The number of carbonyl (C=O) groups excluding carboxylic acids is 1. The molecule has 2 aromatic heterocycles. The molecule has 0 saturated carbocycles. The Kier molecular flexibility index (Phi) is 5.61. The fourth-order valence-corrected chi connectivity index (χ4v) is 2.72. The van der Waals surface area contributed by atoms with Crippen molar-refractivity contribution >= 4 is 17.2 Å². The van der Waals surface area contributed by atoms with Crippen LogP contribution in [0.25, 0.3) is 0 Å². The number of hydrogen-bond donors (Lipinski definition) is 2. The van der Waals surface area contributed by atoms with Gasteiger partial charge in [-0.15, -0.1) is 11.3 Å². The summed E-state index contributed by atoms with van der Waals surface area (Å²) < 4.78 is 5.21. The van der Waals surface area contributed by atoms with E-state index in [9.17, 15) is 4.79 Å². The number of aliphatic hydroxyl groups is 1. The fraction of sp³-hybridized carbons (Fsp3) is 0.312. The van der Waals surface area contributed by atoms with Gasteiger partial charge in [0.25, 0.3) is 5.91 Å². The quantitative estimate of drug-likeness (QED) is 0.834. The average Bonchev–Trinajstić information content (AvgIpc) is 3.09. The molecule has 2 aromatic rings. The molecule has 0 saturated heterocycles. The molecule has 0 fully saturated rings. The lowest BCUT2D eigenvalue weighted by atomic mass is 10.2. The van der Waals surface area contributed by atoms with Gasteiger partial charge in [-0.2, -0.15) is 0 Å². The van der Waals surface area contributed by atoms with Gasteiger partial charge >= 0.3 is 0 Å². The summed E-state index contributed by atoms with van der Waals surface area (Å²) in [5.41, 5.74) is 0.988. The van der Waals surface area contributed by atoms with Crippen LogP contribution in [0.1, 0.15) is 32.3 Å². The predicted octanol–water partition coefficient (Wildman–Crippen LogP) is 2.36. The SMILES string of the molecule is Cc1cc(C(=O)NCCc2ccco2)sc1C#CCCO. The summed E-state index contributed by atoms with van der Waals surface area (Å²) in [4.78, 5) is 13.6. The van der Waals surface area contributed by atoms with Crippen LogP contribution in [0.15, 0.2) is 28.9 Å². The molecule has 0 radical (unpaired) electrons. The molecule has 0 aliphatic rings. The summed E-state index contributed by atoms with van der Waals surface area (Å²) >= 11 is 1.38. The first kappa shape index (κ1) is 15.4. The van der Waals surface area contributed by atoms with Crippen molar-refractivity contribution in [3.63, 3.8) is 0 Å². The number of aryl methyl sites for hydroxylation is 1. The van der Waals surface area contributed by atoms with E-state index < -0.39 is 0 Å². The van der Waals surface area contributed by atoms with Crippen molar-refractivity contribution in [2.75, 3.05) is 13.2 Å². The van der Waals surface area contributed by atoms with E-state index in [0.29, 0.717) is 24.3 Å². The monoisotopic (exact) mass is 303 g/mol. The van der Waals surface area contributed by atoms with Crippen molar-refractivity contribution in [3.05, 3.63) is 45.5 Å². The Morgan fingerprint density at radius 3 is 3.10 bits per heavy atom. The second kappa shape index (κ2) is 7.67. The van der Waals surface area contributed by atoms with E-state index >= 15 is 0 Å². The molecule has 2 rings (SSSR count). The van der Waals surface area contributed by atoms with Crippen LogP contribution in [0, 0.1) is 18.8 Å². The average molecular weight is 303 g/mol. The summed E-state index contributed by atoms with van der Waals surface area (Å²) in [5, 5.41) is 11.6. The second-order valence-electron chi connectivity index (χ2n) is 4.48. The zero-order valence-electron chi connectivity index (χ0n) is 11.8. The van der Waals surface area contributed by atoms with E-state index in [1.54, 1.807) is 6.26 Å². The number of nitrogens with one attached hydrogen (secondary N) is 1. The number of aliphatic hydroxyl groups excluding tert-OH is 1. The predicted molar refractivity (Wildman–Crippen MR) is 82.4 cm³/mol. The fourth-order valence-electron chi connectivity index (χ4n) is 1.76. The van der Waals surface area contributed by atoms with Gasteiger partial charge in [-0.3, -0.25) is 4.79 Å². The number of rotatable bonds is 5. The van der Waals surface area contributed by atoms with Gasteiger partial charge < -0.3 is 14.8 Å². The number of hydrogen-bond acceptors (Lipinski definition) is 4. The summed E-state index contributed by atoms with van der Waals surface area (Å²) in [6.07, 6.45) is 2.74. The van der Waals surface area contributed by atoms with Crippen molar-refractivity contribution in [2.24, 2.45) is 0 Å². The first-order valence-corrected chi connectivity index (χ1v) is 7.53. The van der Waals surface area contributed by atoms with Gasteiger partial charge in [0.1, 0.15) is 5.76 Å². The van der Waals surface area contributed by atoms with Crippen LogP contribution in [0.3, 0.4) is 0 Å². The minimum absolute atomic E-state index is 0.0531. The van der Waals surface area contributed by atoms with Gasteiger partial charge in [0.2, 0.25) is 0 Å². The van der Waals surface area contributed by atoms with Gasteiger partial charge in [0.05, 0.1) is 22.6 Å². The van der Waals surface area contributed by atoms with Crippen LogP contribution in [0.4, 0.5) is 0 Å². The largest absolute Gasteiger partial charge is 0.469 e. The highest BCUT2D eigenvalue weighted by Crippen LogP contribution is 2.20. The first-order valence-electron chi connectivity index (χ1n) is 6.71. The van der Waals surface area contributed by atoms with Crippen molar-refractivity contribution in [3.8, 4) is 11.8 Å². The Morgan fingerprint density at radius 2 is 2.38 bits per heavy atom. The Labute approximate surface area is 127 Å². The number of carbonyl (C=O) groups is 1. The van der Waals surface area contributed by atoms with E-state index in [2.05, 4.69) is 17.2 Å². The van der Waals surface area contributed by atoms with Gasteiger partial charge in [0.15, 0.2) is 0 Å². The first-order chi connectivity index (χ1) is 10.2. The Morgan fingerprint density at radius 1 is 1.52 bits per heavy atom. The van der Waals surface area contributed by atoms with Crippen LogP contribution < -0.4 is 5.32 Å². The molecule has 0 aliphatic heterocycles. The lowest BCUT2D eigenvalue weighted by Gasteiger charge is -2.01. The zero-order valence-corrected chi connectivity index (χ0v) is 12.6.